The maximum absolute atomic E-state index is 12.9. The van der Waals surface area contributed by atoms with E-state index in [4.69, 9.17) is 0 Å². The van der Waals surface area contributed by atoms with Crippen LogP contribution in [-0.4, -0.2) is 17.1 Å². The maximum atomic E-state index is 12.9. The first-order valence-electron chi connectivity index (χ1n) is 10.6. The highest BCUT2D eigenvalue weighted by atomic mass is 16.3. The van der Waals surface area contributed by atoms with Gasteiger partial charge in [-0.25, -0.2) is 0 Å². The van der Waals surface area contributed by atoms with E-state index in [1.165, 1.54) is 5.56 Å². The number of carbonyl (C=O) groups excluding carboxylic acids is 1. The first-order valence-corrected chi connectivity index (χ1v) is 10.6. The van der Waals surface area contributed by atoms with E-state index < -0.39 is 0 Å². The first kappa shape index (κ1) is 21.6. The van der Waals surface area contributed by atoms with Gasteiger partial charge in [0.15, 0.2) is 0 Å². The van der Waals surface area contributed by atoms with Crippen LogP contribution in [0, 0.1) is 13.8 Å². The molecule has 0 aliphatic heterocycles. The van der Waals surface area contributed by atoms with Gasteiger partial charge in [-0.3, -0.25) is 4.79 Å². The molecule has 156 valence electrons. The smallest absolute Gasteiger partial charge is 0.221 e. The number of aromatic hydroxyl groups is 1. The molecule has 0 radical (unpaired) electrons. The Hall–Kier alpha value is -3.07. The summed E-state index contributed by atoms with van der Waals surface area (Å²) in [5.41, 5.74) is 5.24. The van der Waals surface area contributed by atoms with Crippen LogP contribution in [0.3, 0.4) is 0 Å². The summed E-state index contributed by atoms with van der Waals surface area (Å²) < 4.78 is 0. The molecule has 0 fully saturated rings. The predicted octanol–water partition coefficient (Wildman–Crippen LogP) is 5.67. The van der Waals surface area contributed by atoms with Gasteiger partial charge in [-0.2, -0.15) is 0 Å². The standard InChI is InChI=1S/C27H31NO2/c1-19-16-24(17-26(29)21(19)3)25(23-12-8-5-9-13-23)18-27(30)28-20(2)14-15-22-10-6-4-7-11-22/h4-13,16-17,20,25,29H,14-15,18H2,1-3H3,(H,28,30). The van der Waals surface area contributed by atoms with Crippen molar-refractivity contribution in [1.82, 2.24) is 5.32 Å². The van der Waals surface area contributed by atoms with Gasteiger partial charge < -0.3 is 10.4 Å². The van der Waals surface area contributed by atoms with Crippen LogP contribution in [0.15, 0.2) is 72.8 Å². The van der Waals surface area contributed by atoms with Gasteiger partial charge in [-0.15, -0.1) is 0 Å². The summed E-state index contributed by atoms with van der Waals surface area (Å²) in [6, 6.07) is 24.4. The lowest BCUT2D eigenvalue weighted by Crippen LogP contribution is -2.33. The molecule has 0 saturated heterocycles. The molecule has 0 bridgehead atoms. The number of hydrogen-bond acceptors (Lipinski definition) is 2. The Morgan fingerprint density at radius 1 is 0.933 bits per heavy atom. The van der Waals surface area contributed by atoms with Crippen LogP contribution >= 0.6 is 0 Å². The third-order valence-corrected chi connectivity index (χ3v) is 5.77. The minimum absolute atomic E-state index is 0.0298. The zero-order chi connectivity index (χ0) is 21.5. The minimum Gasteiger partial charge on any atom is -0.508 e. The highest BCUT2D eigenvalue weighted by molar-refractivity contribution is 5.78. The Bertz CT molecular complexity index is 944. The molecule has 0 spiro atoms. The second kappa shape index (κ2) is 10.1. The second-order valence-electron chi connectivity index (χ2n) is 8.14. The van der Waals surface area contributed by atoms with Gasteiger partial charge in [0.1, 0.15) is 5.75 Å². The highest BCUT2D eigenvalue weighted by Gasteiger charge is 2.21. The lowest BCUT2D eigenvalue weighted by atomic mass is 9.86. The second-order valence-corrected chi connectivity index (χ2v) is 8.14. The van der Waals surface area contributed by atoms with Crippen LogP contribution < -0.4 is 5.32 Å². The maximum Gasteiger partial charge on any atom is 0.221 e. The molecule has 2 N–H and O–H groups in total. The van der Waals surface area contributed by atoms with Crippen molar-refractivity contribution in [1.29, 1.82) is 0 Å². The van der Waals surface area contributed by atoms with Crippen LogP contribution in [0.25, 0.3) is 0 Å². The van der Waals surface area contributed by atoms with E-state index in [1.54, 1.807) is 6.07 Å². The molecule has 3 rings (SSSR count). The van der Waals surface area contributed by atoms with E-state index >= 15 is 0 Å². The Balaban J connectivity index is 1.71. The fraction of sp³-hybridized carbons (Fsp3) is 0.296. The summed E-state index contributed by atoms with van der Waals surface area (Å²) in [4.78, 5) is 12.9. The molecule has 3 heteroatoms. The van der Waals surface area contributed by atoms with Crippen LogP contribution in [0.4, 0.5) is 0 Å². The quantitative estimate of drug-likeness (QED) is 0.511. The molecule has 0 aromatic heterocycles. The molecule has 30 heavy (non-hydrogen) atoms. The number of phenolic OH excluding ortho intramolecular Hbond substituents is 1. The molecular weight excluding hydrogens is 370 g/mol. The Morgan fingerprint density at radius 3 is 2.20 bits per heavy atom. The van der Waals surface area contributed by atoms with Crippen molar-refractivity contribution in [3.8, 4) is 5.75 Å². The Kier molecular flexibility index (Phi) is 7.29. The molecular formula is C27H31NO2. The van der Waals surface area contributed by atoms with Crippen molar-refractivity contribution < 1.29 is 9.90 Å². The van der Waals surface area contributed by atoms with Gasteiger partial charge in [0.05, 0.1) is 0 Å². The number of nitrogens with one attached hydrogen (secondary N) is 1. The van der Waals surface area contributed by atoms with Crippen LogP contribution in [0.1, 0.15) is 53.5 Å². The van der Waals surface area contributed by atoms with Crippen molar-refractivity contribution in [3.63, 3.8) is 0 Å². The molecule has 2 atom stereocenters. The first-order chi connectivity index (χ1) is 14.4. The van der Waals surface area contributed by atoms with E-state index in [0.717, 1.165) is 35.1 Å². The van der Waals surface area contributed by atoms with Crippen molar-refractivity contribution in [2.45, 2.75) is 52.0 Å². The van der Waals surface area contributed by atoms with E-state index in [1.807, 2.05) is 62.4 Å². The zero-order valence-electron chi connectivity index (χ0n) is 18.1. The summed E-state index contributed by atoms with van der Waals surface area (Å²) in [6.45, 7) is 5.96. The van der Waals surface area contributed by atoms with E-state index in [-0.39, 0.29) is 23.6 Å². The average Bonchev–Trinajstić information content (AvgIpc) is 2.75. The number of phenols is 1. The minimum atomic E-state index is -0.0993. The molecule has 0 saturated carbocycles. The van der Waals surface area contributed by atoms with Gasteiger partial charge in [-0.1, -0.05) is 66.7 Å². The van der Waals surface area contributed by atoms with Gasteiger partial charge in [-0.05, 0) is 67.5 Å². The monoisotopic (exact) mass is 401 g/mol. The lowest BCUT2D eigenvalue weighted by Gasteiger charge is -2.21. The van der Waals surface area contributed by atoms with E-state index in [0.29, 0.717) is 6.42 Å². The van der Waals surface area contributed by atoms with E-state index in [2.05, 4.69) is 30.4 Å². The summed E-state index contributed by atoms with van der Waals surface area (Å²) in [5.74, 6) is 0.211. The average molecular weight is 402 g/mol. The van der Waals surface area contributed by atoms with Gasteiger partial charge in [0, 0.05) is 18.4 Å². The van der Waals surface area contributed by atoms with Crippen molar-refractivity contribution in [2.24, 2.45) is 0 Å². The van der Waals surface area contributed by atoms with Gasteiger partial charge in [0.25, 0.3) is 0 Å². The molecule has 0 aliphatic carbocycles. The molecule has 0 aliphatic rings. The third-order valence-electron chi connectivity index (χ3n) is 5.77. The predicted molar refractivity (Wildman–Crippen MR) is 123 cm³/mol. The van der Waals surface area contributed by atoms with Crippen molar-refractivity contribution in [2.75, 3.05) is 0 Å². The molecule has 3 nitrogen and oxygen atoms in total. The molecule has 3 aromatic rings. The Labute approximate surface area is 179 Å². The number of hydrogen-bond donors (Lipinski definition) is 2. The normalized spacial score (nSPS) is 12.9. The summed E-state index contributed by atoms with van der Waals surface area (Å²) in [6.07, 6.45) is 2.19. The van der Waals surface area contributed by atoms with Crippen LogP contribution in [0.5, 0.6) is 5.75 Å². The number of benzene rings is 3. The fourth-order valence-corrected chi connectivity index (χ4v) is 3.80. The van der Waals surface area contributed by atoms with Gasteiger partial charge >= 0.3 is 0 Å². The van der Waals surface area contributed by atoms with Crippen molar-refractivity contribution >= 4 is 5.91 Å². The van der Waals surface area contributed by atoms with E-state index in [9.17, 15) is 9.90 Å². The summed E-state index contributed by atoms with van der Waals surface area (Å²) in [5, 5.41) is 13.5. The number of aryl methyl sites for hydroxylation is 2. The third kappa shape index (κ3) is 5.73. The molecule has 0 heterocycles. The van der Waals surface area contributed by atoms with Crippen molar-refractivity contribution in [3.05, 3.63) is 101 Å². The summed E-state index contributed by atoms with van der Waals surface area (Å²) >= 11 is 0. The zero-order valence-corrected chi connectivity index (χ0v) is 18.1. The fourth-order valence-electron chi connectivity index (χ4n) is 3.80. The SMILES string of the molecule is Cc1cc(C(CC(=O)NC(C)CCc2ccccc2)c2ccccc2)cc(O)c1C. The largest absolute Gasteiger partial charge is 0.508 e. The number of rotatable bonds is 8. The molecule has 1 amide bonds. The van der Waals surface area contributed by atoms with Crippen LogP contribution in [-0.2, 0) is 11.2 Å². The number of carbonyl (C=O) groups is 1. The lowest BCUT2D eigenvalue weighted by molar-refractivity contribution is -0.121. The topological polar surface area (TPSA) is 49.3 Å². The number of amides is 1. The summed E-state index contributed by atoms with van der Waals surface area (Å²) in [7, 11) is 0. The molecule has 2 unspecified atom stereocenters. The molecule has 3 aromatic carbocycles. The Morgan fingerprint density at radius 2 is 1.57 bits per heavy atom. The van der Waals surface area contributed by atoms with Gasteiger partial charge in [0.2, 0.25) is 5.91 Å². The highest BCUT2D eigenvalue weighted by Crippen LogP contribution is 2.33. The van der Waals surface area contributed by atoms with Crippen LogP contribution in [0.2, 0.25) is 0 Å².